The molecule has 2 N–H and O–H groups in total. The van der Waals surface area contributed by atoms with Gasteiger partial charge in [-0.05, 0) is 43.5 Å². The van der Waals surface area contributed by atoms with Crippen LogP contribution >= 0.6 is 0 Å². The van der Waals surface area contributed by atoms with Crippen LogP contribution < -0.4 is 16.0 Å². The van der Waals surface area contributed by atoms with E-state index < -0.39 is 6.04 Å². The molecule has 0 saturated heterocycles. The lowest BCUT2D eigenvalue weighted by Gasteiger charge is -2.16. The van der Waals surface area contributed by atoms with Crippen LogP contribution in [-0.2, 0) is 6.54 Å². The molecule has 5 heteroatoms. The Morgan fingerprint density at radius 1 is 1.32 bits per heavy atom. The first-order chi connectivity index (χ1) is 10.5. The predicted molar refractivity (Wildman–Crippen MR) is 87.3 cm³/mol. The smallest absolute Gasteiger partial charge is 0.271 e. The molecular weight excluding hydrogens is 278 g/mol. The van der Waals surface area contributed by atoms with E-state index in [9.17, 15) is 4.79 Å². The second-order valence-corrected chi connectivity index (χ2v) is 5.48. The zero-order valence-corrected chi connectivity index (χ0v) is 13.6. The maximum absolute atomic E-state index is 12.5. The van der Waals surface area contributed by atoms with Crippen LogP contribution in [0.25, 0.3) is 0 Å². The Hall–Kier alpha value is -2.14. The topological polar surface area (TPSA) is 70.1 Å². The summed E-state index contributed by atoms with van der Waals surface area (Å²) < 4.78 is 6.76. The summed E-state index contributed by atoms with van der Waals surface area (Å²) >= 11 is 0. The van der Waals surface area contributed by atoms with Crippen molar-refractivity contribution in [3.8, 4) is 5.75 Å². The van der Waals surface area contributed by atoms with Crippen LogP contribution in [0.2, 0.25) is 0 Å². The molecule has 0 aliphatic rings. The summed E-state index contributed by atoms with van der Waals surface area (Å²) in [5, 5.41) is 4.27. The van der Waals surface area contributed by atoms with Gasteiger partial charge in [-0.1, -0.05) is 19.1 Å². The lowest BCUT2D eigenvalue weighted by Crippen LogP contribution is -2.31. The standard InChI is InChI=1S/C17H23N3O2/c1-5-8-20-17(21)14(10-12(3)19-20)16(18)13-6-7-15(22-4)11(2)9-13/h6-7,9-10,16H,5,8,18H2,1-4H3. The summed E-state index contributed by atoms with van der Waals surface area (Å²) in [6.07, 6.45) is 0.854. The Bertz CT molecular complexity index is 722. The van der Waals surface area contributed by atoms with Crippen molar-refractivity contribution in [3.63, 3.8) is 0 Å². The number of methoxy groups -OCH3 is 1. The van der Waals surface area contributed by atoms with E-state index in [-0.39, 0.29) is 5.56 Å². The van der Waals surface area contributed by atoms with E-state index in [1.165, 1.54) is 4.68 Å². The quantitative estimate of drug-likeness (QED) is 0.920. The van der Waals surface area contributed by atoms with Crippen LogP contribution in [0.3, 0.4) is 0 Å². The first-order valence-corrected chi connectivity index (χ1v) is 7.46. The fourth-order valence-electron chi connectivity index (χ4n) is 2.56. The van der Waals surface area contributed by atoms with Gasteiger partial charge in [-0.25, -0.2) is 4.68 Å². The van der Waals surface area contributed by atoms with Crippen molar-refractivity contribution in [3.05, 3.63) is 57.0 Å². The van der Waals surface area contributed by atoms with Crippen LogP contribution in [0.1, 0.15) is 41.8 Å². The highest BCUT2D eigenvalue weighted by molar-refractivity contribution is 5.40. The van der Waals surface area contributed by atoms with Crippen LogP contribution in [0.5, 0.6) is 5.75 Å². The average Bonchev–Trinajstić information content (AvgIpc) is 2.50. The van der Waals surface area contributed by atoms with Crippen LogP contribution in [0.4, 0.5) is 0 Å². The molecule has 0 aliphatic heterocycles. The van der Waals surface area contributed by atoms with Crippen molar-refractivity contribution in [2.75, 3.05) is 7.11 Å². The van der Waals surface area contributed by atoms with Gasteiger partial charge in [-0.3, -0.25) is 4.79 Å². The minimum atomic E-state index is -0.470. The predicted octanol–water partition coefficient (Wildman–Crippen LogP) is 2.33. The fourth-order valence-corrected chi connectivity index (χ4v) is 2.56. The molecule has 2 rings (SSSR count). The highest BCUT2D eigenvalue weighted by Gasteiger charge is 2.16. The number of ether oxygens (including phenoxy) is 1. The summed E-state index contributed by atoms with van der Waals surface area (Å²) in [6.45, 7) is 6.45. The average molecular weight is 301 g/mol. The molecule has 0 amide bonds. The fraction of sp³-hybridized carbons (Fsp3) is 0.412. The molecule has 0 aliphatic carbocycles. The van der Waals surface area contributed by atoms with Crippen molar-refractivity contribution in [2.24, 2.45) is 5.73 Å². The normalized spacial score (nSPS) is 12.2. The molecule has 1 aromatic carbocycles. The number of nitrogens with two attached hydrogens (primary N) is 1. The van der Waals surface area contributed by atoms with E-state index in [1.54, 1.807) is 13.2 Å². The van der Waals surface area contributed by atoms with Crippen LogP contribution in [0, 0.1) is 13.8 Å². The third-order valence-electron chi connectivity index (χ3n) is 3.67. The highest BCUT2D eigenvalue weighted by atomic mass is 16.5. The van der Waals surface area contributed by atoms with Crippen molar-refractivity contribution in [1.82, 2.24) is 9.78 Å². The van der Waals surface area contributed by atoms with Gasteiger partial charge in [0.15, 0.2) is 0 Å². The van der Waals surface area contributed by atoms with Gasteiger partial charge in [-0.2, -0.15) is 5.10 Å². The second-order valence-electron chi connectivity index (χ2n) is 5.48. The largest absolute Gasteiger partial charge is 0.496 e. The third-order valence-corrected chi connectivity index (χ3v) is 3.67. The number of aryl methyl sites for hydroxylation is 3. The molecule has 1 unspecified atom stereocenters. The Kier molecular flexibility index (Phi) is 4.98. The molecule has 0 radical (unpaired) electrons. The van der Waals surface area contributed by atoms with Gasteiger partial charge in [0.1, 0.15) is 5.75 Å². The Morgan fingerprint density at radius 3 is 2.64 bits per heavy atom. The number of hydrogen-bond donors (Lipinski definition) is 1. The van der Waals surface area contributed by atoms with Gasteiger partial charge in [-0.15, -0.1) is 0 Å². The molecule has 0 saturated carbocycles. The van der Waals surface area contributed by atoms with Gasteiger partial charge < -0.3 is 10.5 Å². The summed E-state index contributed by atoms with van der Waals surface area (Å²) in [5.74, 6) is 0.810. The zero-order valence-electron chi connectivity index (χ0n) is 13.6. The van der Waals surface area contributed by atoms with E-state index in [0.717, 1.165) is 29.0 Å². The minimum absolute atomic E-state index is 0.117. The molecule has 1 atom stereocenters. The zero-order chi connectivity index (χ0) is 16.3. The van der Waals surface area contributed by atoms with Crippen LogP contribution in [0.15, 0.2) is 29.1 Å². The summed E-state index contributed by atoms with van der Waals surface area (Å²) in [5.41, 5.74) is 9.47. The van der Waals surface area contributed by atoms with Crippen molar-refractivity contribution in [2.45, 2.75) is 39.8 Å². The first-order valence-electron chi connectivity index (χ1n) is 7.46. The lowest BCUT2D eigenvalue weighted by molar-refractivity contribution is 0.411. The summed E-state index contributed by atoms with van der Waals surface area (Å²) in [4.78, 5) is 12.5. The minimum Gasteiger partial charge on any atom is -0.496 e. The molecule has 1 aromatic heterocycles. The Balaban J connectivity index is 2.47. The third kappa shape index (κ3) is 3.20. The van der Waals surface area contributed by atoms with Gasteiger partial charge in [0.05, 0.1) is 18.8 Å². The van der Waals surface area contributed by atoms with E-state index in [2.05, 4.69) is 5.10 Å². The molecule has 1 heterocycles. The van der Waals surface area contributed by atoms with Gasteiger partial charge in [0.25, 0.3) is 5.56 Å². The van der Waals surface area contributed by atoms with E-state index in [0.29, 0.717) is 12.1 Å². The van der Waals surface area contributed by atoms with Crippen molar-refractivity contribution in [1.29, 1.82) is 0 Å². The molecule has 2 aromatic rings. The second kappa shape index (κ2) is 6.75. The molecule has 118 valence electrons. The molecule has 0 spiro atoms. The summed E-state index contributed by atoms with van der Waals surface area (Å²) in [7, 11) is 1.64. The first kappa shape index (κ1) is 16.2. The number of benzene rings is 1. The SMILES string of the molecule is CCCn1nc(C)cc(C(N)c2ccc(OC)c(C)c2)c1=O. The van der Waals surface area contributed by atoms with E-state index in [1.807, 2.05) is 39.0 Å². The number of hydrogen-bond acceptors (Lipinski definition) is 4. The lowest BCUT2D eigenvalue weighted by atomic mass is 9.98. The number of rotatable bonds is 5. The maximum atomic E-state index is 12.5. The van der Waals surface area contributed by atoms with Crippen LogP contribution in [-0.4, -0.2) is 16.9 Å². The molecular formula is C17H23N3O2. The molecule has 5 nitrogen and oxygen atoms in total. The maximum Gasteiger partial charge on any atom is 0.271 e. The molecule has 0 bridgehead atoms. The number of nitrogens with zero attached hydrogens (tertiary/aromatic N) is 2. The van der Waals surface area contributed by atoms with Crippen molar-refractivity contribution < 1.29 is 4.74 Å². The van der Waals surface area contributed by atoms with Gasteiger partial charge in [0.2, 0.25) is 0 Å². The monoisotopic (exact) mass is 301 g/mol. The summed E-state index contributed by atoms with van der Waals surface area (Å²) in [6, 6.07) is 7.04. The molecule has 0 fully saturated rings. The van der Waals surface area contributed by atoms with Gasteiger partial charge >= 0.3 is 0 Å². The van der Waals surface area contributed by atoms with Crippen molar-refractivity contribution >= 4 is 0 Å². The van der Waals surface area contributed by atoms with E-state index in [4.69, 9.17) is 10.5 Å². The van der Waals surface area contributed by atoms with Gasteiger partial charge in [0, 0.05) is 12.1 Å². The highest BCUT2D eigenvalue weighted by Crippen LogP contribution is 2.24. The van der Waals surface area contributed by atoms with E-state index >= 15 is 0 Å². The molecule has 22 heavy (non-hydrogen) atoms. The Morgan fingerprint density at radius 2 is 2.05 bits per heavy atom. The number of aromatic nitrogens is 2. The Labute approximate surface area is 130 Å².